The molecule has 7 heteroatoms. The van der Waals surface area contributed by atoms with E-state index < -0.39 is 0 Å². The van der Waals surface area contributed by atoms with Crippen LogP contribution < -0.4 is 14.4 Å². The Morgan fingerprint density at radius 1 is 1.14 bits per heavy atom. The standard InChI is InChI=1S/C15H17N3O2S2/c1-11-9-21-15(16-11)17-4-6-18(7-5-17)22-12-2-3-13-14(8-12)20-10-19-13/h2-3,8-9H,4-7,10H2,1H3. The van der Waals surface area contributed by atoms with Gasteiger partial charge in [0.25, 0.3) is 0 Å². The molecule has 1 aromatic carbocycles. The molecule has 0 spiro atoms. The molecule has 0 N–H and O–H groups in total. The SMILES string of the molecule is Cc1csc(N2CCN(Sc3ccc4c(c3)OCO4)CC2)n1. The molecule has 2 aliphatic rings. The van der Waals surface area contributed by atoms with Gasteiger partial charge in [0, 0.05) is 36.5 Å². The monoisotopic (exact) mass is 335 g/mol. The van der Waals surface area contributed by atoms with E-state index in [1.54, 1.807) is 23.3 Å². The Labute approximate surface area is 138 Å². The average Bonchev–Trinajstić information content (AvgIpc) is 3.16. The topological polar surface area (TPSA) is 37.8 Å². The summed E-state index contributed by atoms with van der Waals surface area (Å²) in [5, 5.41) is 3.26. The molecular weight excluding hydrogens is 318 g/mol. The van der Waals surface area contributed by atoms with Gasteiger partial charge in [0.1, 0.15) is 0 Å². The maximum absolute atomic E-state index is 5.44. The molecule has 0 atom stereocenters. The van der Waals surface area contributed by atoms with Crippen LogP contribution >= 0.6 is 23.3 Å². The van der Waals surface area contributed by atoms with E-state index >= 15 is 0 Å². The van der Waals surface area contributed by atoms with Crippen molar-refractivity contribution in [2.24, 2.45) is 0 Å². The Morgan fingerprint density at radius 3 is 2.73 bits per heavy atom. The number of hydrogen-bond donors (Lipinski definition) is 0. The summed E-state index contributed by atoms with van der Waals surface area (Å²) in [6.45, 7) is 6.46. The minimum atomic E-state index is 0.329. The highest BCUT2D eigenvalue weighted by Crippen LogP contribution is 2.36. The first-order valence-electron chi connectivity index (χ1n) is 7.27. The maximum atomic E-state index is 5.44. The van der Waals surface area contributed by atoms with Crippen LogP contribution in [0.25, 0.3) is 0 Å². The lowest BCUT2D eigenvalue weighted by atomic mass is 10.3. The average molecular weight is 335 g/mol. The van der Waals surface area contributed by atoms with Crippen molar-refractivity contribution in [3.63, 3.8) is 0 Å². The second kappa shape index (κ2) is 5.98. The fraction of sp³-hybridized carbons (Fsp3) is 0.400. The van der Waals surface area contributed by atoms with Gasteiger partial charge in [-0.3, -0.25) is 0 Å². The minimum Gasteiger partial charge on any atom is -0.454 e. The van der Waals surface area contributed by atoms with Gasteiger partial charge in [-0.15, -0.1) is 11.3 Å². The van der Waals surface area contributed by atoms with Crippen molar-refractivity contribution in [1.29, 1.82) is 0 Å². The zero-order valence-corrected chi connectivity index (χ0v) is 14.0. The van der Waals surface area contributed by atoms with Gasteiger partial charge in [0.05, 0.1) is 5.69 Å². The largest absolute Gasteiger partial charge is 0.454 e. The lowest BCUT2D eigenvalue weighted by Crippen LogP contribution is -2.43. The summed E-state index contributed by atoms with van der Waals surface area (Å²) in [7, 11) is 0. The first-order chi connectivity index (χ1) is 10.8. The number of nitrogens with zero attached hydrogens (tertiary/aromatic N) is 3. The lowest BCUT2D eigenvalue weighted by Gasteiger charge is -2.33. The third kappa shape index (κ3) is 2.88. The predicted molar refractivity (Wildman–Crippen MR) is 89.1 cm³/mol. The second-order valence-electron chi connectivity index (χ2n) is 5.29. The highest BCUT2D eigenvalue weighted by Gasteiger charge is 2.21. The number of rotatable bonds is 3. The van der Waals surface area contributed by atoms with Gasteiger partial charge in [0.2, 0.25) is 6.79 Å². The number of hydrogen-bond acceptors (Lipinski definition) is 7. The van der Waals surface area contributed by atoms with Crippen LogP contribution in [-0.2, 0) is 0 Å². The first kappa shape index (κ1) is 14.2. The van der Waals surface area contributed by atoms with Crippen molar-refractivity contribution in [1.82, 2.24) is 9.29 Å². The second-order valence-corrected chi connectivity index (χ2v) is 7.30. The zero-order chi connectivity index (χ0) is 14.9. The van der Waals surface area contributed by atoms with Crippen molar-refractivity contribution < 1.29 is 9.47 Å². The highest BCUT2D eigenvalue weighted by atomic mass is 32.2. The van der Waals surface area contributed by atoms with E-state index in [9.17, 15) is 0 Å². The van der Waals surface area contributed by atoms with Crippen molar-refractivity contribution in [3.8, 4) is 11.5 Å². The van der Waals surface area contributed by atoms with Gasteiger partial charge in [-0.1, -0.05) is 0 Å². The molecule has 2 aliphatic heterocycles. The molecule has 22 heavy (non-hydrogen) atoms. The Morgan fingerprint density at radius 2 is 1.95 bits per heavy atom. The number of aromatic nitrogens is 1. The quantitative estimate of drug-likeness (QED) is 0.803. The van der Waals surface area contributed by atoms with E-state index in [4.69, 9.17) is 9.47 Å². The summed E-state index contributed by atoms with van der Waals surface area (Å²) >= 11 is 3.52. The molecule has 1 aromatic heterocycles. The van der Waals surface area contributed by atoms with Crippen molar-refractivity contribution in [3.05, 3.63) is 29.3 Å². The number of fused-ring (bicyclic) bond motifs is 1. The molecule has 0 saturated carbocycles. The normalized spacial score (nSPS) is 18.0. The summed E-state index contributed by atoms with van der Waals surface area (Å²) in [4.78, 5) is 8.14. The molecule has 0 amide bonds. The molecule has 1 fully saturated rings. The molecule has 0 unspecified atom stereocenters. The van der Waals surface area contributed by atoms with Gasteiger partial charge in [-0.05, 0) is 37.1 Å². The Hall–Kier alpha value is -1.44. The predicted octanol–water partition coefficient (Wildman–Crippen LogP) is 3.01. The van der Waals surface area contributed by atoms with Crippen molar-refractivity contribution in [2.45, 2.75) is 11.8 Å². The van der Waals surface area contributed by atoms with Gasteiger partial charge in [-0.25, -0.2) is 9.29 Å². The fourth-order valence-corrected chi connectivity index (χ4v) is 4.33. The summed E-state index contributed by atoms with van der Waals surface area (Å²) < 4.78 is 13.2. The fourth-order valence-electron chi connectivity index (χ4n) is 2.54. The first-order valence-corrected chi connectivity index (χ1v) is 8.93. The van der Waals surface area contributed by atoms with E-state index in [0.29, 0.717) is 6.79 Å². The van der Waals surface area contributed by atoms with Crippen LogP contribution in [0.1, 0.15) is 5.69 Å². The van der Waals surface area contributed by atoms with E-state index in [2.05, 4.69) is 31.7 Å². The van der Waals surface area contributed by atoms with Crippen LogP contribution in [0.5, 0.6) is 11.5 Å². The van der Waals surface area contributed by atoms with Crippen LogP contribution in [0.15, 0.2) is 28.5 Å². The van der Waals surface area contributed by atoms with E-state index in [1.165, 1.54) is 4.90 Å². The van der Waals surface area contributed by atoms with Gasteiger partial charge >= 0.3 is 0 Å². The van der Waals surface area contributed by atoms with Crippen molar-refractivity contribution >= 4 is 28.4 Å². The third-order valence-electron chi connectivity index (χ3n) is 3.69. The number of aryl methyl sites for hydroxylation is 1. The molecule has 1 saturated heterocycles. The van der Waals surface area contributed by atoms with E-state index in [0.717, 1.165) is 48.5 Å². The smallest absolute Gasteiger partial charge is 0.231 e. The van der Waals surface area contributed by atoms with Crippen LogP contribution in [0.2, 0.25) is 0 Å². The van der Waals surface area contributed by atoms with Gasteiger partial charge < -0.3 is 14.4 Å². The van der Waals surface area contributed by atoms with Crippen LogP contribution in [0, 0.1) is 6.92 Å². The third-order valence-corrected chi connectivity index (χ3v) is 5.80. The van der Waals surface area contributed by atoms with Gasteiger partial charge in [-0.2, -0.15) is 0 Å². The number of benzene rings is 1. The number of thiazole rings is 1. The van der Waals surface area contributed by atoms with E-state index in [1.807, 2.05) is 13.0 Å². The Bertz CT molecular complexity index is 669. The maximum Gasteiger partial charge on any atom is 0.231 e. The summed E-state index contributed by atoms with van der Waals surface area (Å²) in [5.41, 5.74) is 1.11. The zero-order valence-electron chi connectivity index (χ0n) is 12.3. The lowest BCUT2D eigenvalue weighted by molar-refractivity contribution is 0.174. The molecule has 0 aliphatic carbocycles. The Balaban J connectivity index is 1.36. The summed E-state index contributed by atoms with van der Waals surface area (Å²) in [6.07, 6.45) is 0. The molecular formula is C15H17N3O2S2. The Kier molecular flexibility index (Phi) is 3.85. The summed E-state index contributed by atoms with van der Waals surface area (Å²) in [5.74, 6) is 1.69. The molecule has 2 aromatic rings. The van der Waals surface area contributed by atoms with Crippen LogP contribution in [-0.4, -0.2) is 42.3 Å². The van der Waals surface area contributed by atoms with Crippen LogP contribution in [0.4, 0.5) is 5.13 Å². The highest BCUT2D eigenvalue weighted by molar-refractivity contribution is 7.97. The van der Waals surface area contributed by atoms with Crippen molar-refractivity contribution in [2.75, 3.05) is 37.9 Å². The molecule has 3 heterocycles. The number of ether oxygens (including phenoxy) is 2. The molecule has 4 rings (SSSR count). The summed E-state index contributed by atoms with van der Waals surface area (Å²) in [6, 6.07) is 6.14. The molecule has 5 nitrogen and oxygen atoms in total. The minimum absolute atomic E-state index is 0.329. The van der Waals surface area contributed by atoms with Crippen LogP contribution in [0.3, 0.4) is 0 Å². The van der Waals surface area contributed by atoms with Gasteiger partial charge in [0.15, 0.2) is 16.6 Å². The molecule has 0 bridgehead atoms. The van der Waals surface area contributed by atoms with E-state index in [-0.39, 0.29) is 0 Å². The number of anilines is 1. The number of piperazine rings is 1. The molecule has 116 valence electrons. The molecule has 0 radical (unpaired) electrons.